The number of likely N-dealkylation sites (tertiary alicyclic amines) is 1. The lowest BCUT2D eigenvalue weighted by molar-refractivity contribution is 0.121. The lowest BCUT2D eigenvalue weighted by Gasteiger charge is -2.36. The van der Waals surface area contributed by atoms with Crippen molar-refractivity contribution >= 4 is 0 Å². The van der Waals surface area contributed by atoms with Gasteiger partial charge in [0, 0.05) is 18.6 Å². The molecule has 0 amide bonds. The van der Waals surface area contributed by atoms with Gasteiger partial charge in [0.1, 0.15) is 0 Å². The Morgan fingerprint density at radius 1 is 1.38 bits per heavy atom. The molecule has 1 atom stereocenters. The molecule has 0 bridgehead atoms. The van der Waals surface area contributed by atoms with E-state index in [1.54, 1.807) is 0 Å². The van der Waals surface area contributed by atoms with E-state index in [0.717, 1.165) is 32.2 Å². The number of aliphatic hydroxyl groups excluding tert-OH is 1. The van der Waals surface area contributed by atoms with Gasteiger partial charge in [-0.2, -0.15) is 0 Å². The first-order chi connectivity index (χ1) is 7.67. The van der Waals surface area contributed by atoms with Crippen LogP contribution in [-0.2, 0) is 0 Å². The summed E-state index contributed by atoms with van der Waals surface area (Å²) in [6.07, 6.45) is 2.49. The Labute approximate surface area is 99.6 Å². The van der Waals surface area contributed by atoms with Crippen molar-refractivity contribution in [3.8, 4) is 0 Å². The smallest absolute Gasteiger partial charge is 0.0597 e. The Hall–Kier alpha value is -0.160. The van der Waals surface area contributed by atoms with E-state index in [-0.39, 0.29) is 12.6 Å². The number of nitrogens with one attached hydrogen (secondary N) is 1. The Balaban J connectivity index is 2.25. The van der Waals surface area contributed by atoms with E-state index in [1.165, 1.54) is 12.8 Å². The van der Waals surface area contributed by atoms with E-state index in [1.807, 2.05) is 0 Å². The summed E-state index contributed by atoms with van der Waals surface area (Å²) in [4.78, 5) is 4.79. The fraction of sp³-hybridized carbons (Fsp3) is 1.00. The Bertz CT molecular complexity index is 179. The van der Waals surface area contributed by atoms with Gasteiger partial charge in [0.05, 0.1) is 6.61 Å². The van der Waals surface area contributed by atoms with E-state index in [2.05, 4.69) is 36.1 Å². The topological polar surface area (TPSA) is 38.7 Å². The minimum atomic E-state index is 0.237. The first-order valence-corrected chi connectivity index (χ1v) is 6.40. The second-order valence-electron chi connectivity index (χ2n) is 4.93. The highest BCUT2D eigenvalue weighted by Gasteiger charge is 2.22. The van der Waals surface area contributed by atoms with Gasteiger partial charge in [0.15, 0.2) is 0 Å². The van der Waals surface area contributed by atoms with Gasteiger partial charge < -0.3 is 20.2 Å². The molecule has 1 rings (SSSR count). The number of likely N-dealkylation sites (N-methyl/N-ethyl adjacent to an activating group) is 1. The molecule has 1 unspecified atom stereocenters. The third-order valence-corrected chi connectivity index (χ3v) is 3.48. The quantitative estimate of drug-likeness (QED) is 0.671. The summed E-state index contributed by atoms with van der Waals surface area (Å²) in [5, 5.41) is 12.5. The van der Waals surface area contributed by atoms with Crippen LogP contribution in [-0.4, -0.2) is 73.9 Å². The number of rotatable bonds is 6. The van der Waals surface area contributed by atoms with Crippen molar-refractivity contribution < 1.29 is 5.11 Å². The molecule has 16 heavy (non-hydrogen) atoms. The number of nitrogens with zero attached hydrogens (tertiary/aromatic N) is 2. The molecule has 96 valence electrons. The van der Waals surface area contributed by atoms with E-state index in [4.69, 9.17) is 0 Å². The van der Waals surface area contributed by atoms with Gasteiger partial charge >= 0.3 is 0 Å². The van der Waals surface area contributed by atoms with Crippen LogP contribution in [0.25, 0.3) is 0 Å². The number of aliphatic hydroxyl groups is 1. The van der Waals surface area contributed by atoms with Crippen LogP contribution in [0.5, 0.6) is 0 Å². The fourth-order valence-corrected chi connectivity index (χ4v) is 2.41. The van der Waals surface area contributed by atoms with E-state index >= 15 is 0 Å². The standard InChI is InChI=1S/C12H27N3O/c1-4-13-11(10-16)9-15-7-5-12(6-8-15)14(2)3/h11-13,16H,4-10H2,1-3H3. The summed E-state index contributed by atoms with van der Waals surface area (Å²) >= 11 is 0. The number of hydrogen-bond donors (Lipinski definition) is 2. The summed E-state index contributed by atoms with van der Waals surface area (Å²) in [5.41, 5.74) is 0. The second kappa shape index (κ2) is 7.22. The number of piperidine rings is 1. The molecule has 0 aromatic carbocycles. The Kier molecular flexibility index (Phi) is 6.28. The van der Waals surface area contributed by atoms with Gasteiger partial charge in [-0.05, 0) is 46.6 Å². The average molecular weight is 229 g/mol. The van der Waals surface area contributed by atoms with Crippen molar-refractivity contribution in [2.45, 2.75) is 31.8 Å². The molecule has 1 fully saturated rings. The molecule has 2 N–H and O–H groups in total. The molecule has 1 aliphatic heterocycles. The van der Waals surface area contributed by atoms with Crippen LogP contribution in [0.2, 0.25) is 0 Å². The van der Waals surface area contributed by atoms with Crippen molar-refractivity contribution in [3.63, 3.8) is 0 Å². The maximum absolute atomic E-state index is 9.23. The highest BCUT2D eigenvalue weighted by atomic mass is 16.3. The zero-order valence-electron chi connectivity index (χ0n) is 10.9. The number of hydrogen-bond acceptors (Lipinski definition) is 4. The fourth-order valence-electron chi connectivity index (χ4n) is 2.41. The third-order valence-electron chi connectivity index (χ3n) is 3.48. The minimum Gasteiger partial charge on any atom is -0.395 e. The Morgan fingerprint density at radius 2 is 2.00 bits per heavy atom. The summed E-state index contributed by atoms with van der Waals surface area (Å²) in [5.74, 6) is 0. The highest BCUT2D eigenvalue weighted by Crippen LogP contribution is 2.14. The minimum absolute atomic E-state index is 0.237. The van der Waals surface area contributed by atoms with Crippen LogP contribution < -0.4 is 5.32 Å². The molecule has 0 aromatic rings. The summed E-state index contributed by atoms with van der Waals surface area (Å²) in [6, 6.07) is 0.976. The molecule has 0 spiro atoms. The van der Waals surface area contributed by atoms with Crippen LogP contribution in [0.4, 0.5) is 0 Å². The molecule has 0 radical (unpaired) electrons. The molecule has 1 aliphatic rings. The van der Waals surface area contributed by atoms with Crippen molar-refractivity contribution in [3.05, 3.63) is 0 Å². The van der Waals surface area contributed by atoms with Crippen LogP contribution in [0, 0.1) is 0 Å². The molecule has 0 aliphatic carbocycles. The maximum Gasteiger partial charge on any atom is 0.0597 e. The van der Waals surface area contributed by atoms with Crippen molar-refractivity contribution in [2.24, 2.45) is 0 Å². The van der Waals surface area contributed by atoms with Crippen molar-refractivity contribution in [1.82, 2.24) is 15.1 Å². The van der Waals surface area contributed by atoms with Crippen LogP contribution in [0.15, 0.2) is 0 Å². The van der Waals surface area contributed by atoms with Gasteiger partial charge in [-0.1, -0.05) is 6.92 Å². The predicted octanol–water partition coefficient (Wildman–Crippen LogP) is -0.0172. The molecule has 1 heterocycles. The highest BCUT2D eigenvalue weighted by molar-refractivity contribution is 4.79. The monoisotopic (exact) mass is 229 g/mol. The van der Waals surface area contributed by atoms with Crippen LogP contribution >= 0.6 is 0 Å². The molecule has 1 saturated heterocycles. The summed E-state index contributed by atoms with van der Waals surface area (Å²) < 4.78 is 0. The Morgan fingerprint density at radius 3 is 2.44 bits per heavy atom. The molecule has 4 heteroatoms. The van der Waals surface area contributed by atoms with Gasteiger partial charge in [0.25, 0.3) is 0 Å². The molecule has 4 nitrogen and oxygen atoms in total. The zero-order chi connectivity index (χ0) is 12.0. The van der Waals surface area contributed by atoms with Gasteiger partial charge in [0.2, 0.25) is 0 Å². The first kappa shape index (κ1) is 13.9. The van der Waals surface area contributed by atoms with Crippen LogP contribution in [0.3, 0.4) is 0 Å². The van der Waals surface area contributed by atoms with Gasteiger partial charge in [-0.3, -0.25) is 0 Å². The van der Waals surface area contributed by atoms with E-state index < -0.39 is 0 Å². The zero-order valence-corrected chi connectivity index (χ0v) is 10.9. The first-order valence-electron chi connectivity index (χ1n) is 6.40. The maximum atomic E-state index is 9.23. The summed E-state index contributed by atoms with van der Waals surface area (Å²) in [7, 11) is 4.32. The molecule has 0 aromatic heterocycles. The molecular formula is C12H27N3O. The van der Waals surface area contributed by atoms with Gasteiger partial charge in [-0.25, -0.2) is 0 Å². The lowest BCUT2D eigenvalue weighted by atomic mass is 10.0. The van der Waals surface area contributed by atoms with E-state index in [0.29, 0.717) is 0 Å². The average Bonchev–Trinajstić information content (AvgIpc) is 2.29. The second-order valence-corrected chi connectivity index (χ2v) is 4.93. The van der Waals surface area contributed by atoms with Crippen LogP contribution in [0.1, 0.15) is 19.8 Å². The van der Waals surface area contributed by atoms with Gasteiger partial charge in [-0.15, -0.1) is 0 Å². The third kappa shape index (κ3) is 4.37. The summed E-state index contributed by atoms with van der Waals surface area (Å²) in [6.45, 7) is 6.54. The lowest BCUT2D eigenvalue weighted by Crippen LogP contribution is -2.48. The van der Waals surface area contributed by atoms with Crippen molar-refractivity contribution in [2.75, 3.05) is 46.9 Å². The molecule has 0 saturated carbocycles. The van der Waals surface area contributed by atoms with E-state index in [9.17, 15) is 5.11 Å². The largest absolute Gasteiger partial charge is 0.395 e. The SMILES string of the molecule is CCNC(CO)CN1CCC(N(C)C)CC1. The normalized spacial score (nSPS) is 21.6. The predicted molar refractivity (Wildman–Crippen MR) is 67.7 cm³/mol. The molecular weight excluding hydrogens is 202 g/mol. The van der Waals surface area contributed by atoms with Crippen molar-refractivity contribution in [1.29, 1.82) is 0 Å².